The lowest BCUT2D eigenvalue weighted by Crippen LogP contribution is -2.48. The van der Waals surface area contributed by atoms with Crippen LogP contribution in [0, 0.1) is 5.92 Å². The number of fused-ring (bicyclic) bond motifs is 2. The van der Waals surface area contributed by atoms with Gasteiger partial charge in [-0.25, -0.2) is 4.79 Å². The van der Waals surface area contributed by atoms with E-state index in [0.29, 0.717) is 19.1 Å². The first-order valence-electron chi connectivity index (χ1n) is 8.86. The number of rotatable bonds is 6. The number of carbonyl (C=O) groups excluding carboxylic acids is 1. The summed E-state index contributed by atoms with van der Waals surface area (Å²) in [6.45, 7) is 12.5. The summed E-state index contributed by atoms with van der Waals surface area (Å²) in [5, 5.41) is 13.2. The molecule has 2 bridgehead atoms. The van der Waals surface area contributed by atoms with E-state index in [1.54, 1.807) is 11.8 Å². The third-order valence-corrected chi connectivity index (χ3v) is 4.56. The van der Waals surface area contributed by atoms with Crippen molar-refractivity contribution in [2.45, 2.75) is 58.3 Å². The Bertz CT molecular complexity index is 395. The molecule has 2 N–H and O–H groups in total. The van der Waals surface area contributed by atoms with E-state index in [1.807, 2.05) is 20.8 Å². The summed E-state index contributed by atoms with van der Waals surface area (Å²) in [6, 6.07) is 0.556. The molecule has 0 aromatic rings. The highest BCUT2D eigenvalue weighted by Crippen LogP contribution is 2.26. The normalized spacial score (nSPS) is 28.5. The minimum Gasteiger partial charge on any atom is -0.444 e. The number of aliphatic hydroxyl groups excluding tert-OH is 1. The SMILES string of the molecule is CC(O)CN(CCNC1CCN2CCC1C2)C(=O)OC(C)(C)C. The van der Waals surface area contributed by atoms with Gasteiger partial charge < -0.3 is 25.0 Å². The monoisotopic (exact) mass is 327 g/mol. The Labute approximate surface area is 140 Å². The molecule has 2 aliphatic rings. The van der Waals surface area contributed by atoms with Crippen molar-refractivity contribution in [2.24, 2.45) is 5.92 Å². The van der Waals surface area contributed by atoms with Gasteiger partial charge in [0.1, 0.15) is 5.60 Å². The van der Waals surface area contributed by atoms with E-state index in [2.05, 4.69) is 10.2 Å². The summed E-state index contributed by atoms with van der Waals surface area (Å²) in [6.07, 6.45) is 1.56. The number of carbonyl (C=O) groups is 1. The van der Waals surface area contributed by atoms with Crippen LogP contribution in [0.3, 0.4) is 0 Å². The van der Waals surface area contributed by atoms with E-state index in [1.165, 1.54) is 32.5 Å². The Morgan fingerprint density at radius 3 is 2.74 bits per heavy atom. The van der Waals surface area contributed by atoms with Crippen molar-refractivity contribution in [1.29, 1.82) is 0 Å². The Morgan fingerprint density at radius 2 is 2.09 bits per heavy atom. The molecule has 134 valence electrons. The molecule has 2 rings (SSSR count). The first kappa shape index (κ1) is 18.5. The van der Waals surface area contributed by atoms with Crippen LogP contribution >= 0.6 is 0 Å². The van der Waals surface area contributed by atoms with Crippen LogP contribution in [0.2, 0.25) is 0 Å². The highest BCUT2D eigenvalue weighted by Gasteiger charge is 2.34. The van der Waals surface area contributed by atoms with E-state index < -0.39 is 11.7 Å². The van der Waals surface area contributed by atoms with Gasteiger partial charge >= 0.3 is 6.09 Å². The van der Waals surface area contributed by atoms with E-state index in [0.717, 1.165) is 12.5 Å². The Hall–Kier alpha value is -0.850. The fourth-order valence-electron chi connectivity index (χ4n) is 3.51. The number of hydrogen-bond acceptors (Lipinski definition) is 5. The minimum absolute atomic E-state index is 0.304. The minimum atomic E-state index is -0.555. The van der Waals surface area contributed by atoms with Crippen molar-refractivity contribution in [3.8, 4) is 0 Å². The zero-order valence-corrected chi connectivity index (χ0v) is 15.0. The molecule has 4 unspecified atom stereocenters. The zero-order chi connectivity index (χ0) is 17.0. The van der Waals surface area contributed by atoms with Crippen LogP contribution in [0.5, 0.6) is 0 Å². The number of ether oxygens (including phenoxy) is 1. The maximum absolute atomic E-state index is 12.3. The Kier molecular flexibility index (Phi) is 6.28. The highest BCUT2D eigenvalue weighted by atomic mass is 16.6. The van der Waals surface area contributed by atoms with E-state index in [4.69, 9.17) is 4.74 Å². The largest absolute Gasteiger partial charge is 0.444 e. The Balaban J connectivity index is 1.79. The molecule has 0 saturated carbocycles. The van der Waals surface area contributed by atoms with Gasteiger partial charge in [-0.05, 0) is 59.5 Å². The molecule has 6 nitrogen and oxygen atoms in total. The van der Waals surface area contributed by atoms with Gasteiger partial charge in [0, 0.05) is 32.2 Å². The summed E-state index contributed by atoms with van der Waals surface area (Å²) >= 11 is 0. The Morgan fingerprint density at radius 1 is 1.39 bits per heavy atom. The number of amides is 1. The molecule has 2 saturated heterocycles. The summed E-state index contributed by atoms with van der Waals surface area (Å²) in [5.41, 5.74) is -0.516. The van der Waals surface area contributed by atoms with Crippen LogP contribution in [0.25, 0.3) is 0 Å². The second kappa shape index (κ2) is 7.81. The molecule has 0 aromatic heterocycles. The van der Waals surface area contributed by atoms with Gasteiger partial charge in [0.15, 0.2) is 0 Å². The average Bonchev–Trinajstić information content (AvgIpc) is 2.80. The molecule has 2 fully saturated rings. The molecule has 0 spiro atoms. The van der Waals surface area contributed by atoms with Crippen molar-refractivity contribution in [3.63, 3.8) is 0 Å². The lowest BCUT2D eigenvalue weighted by Gasteiger charge is -2.32. The fraction of sp³-hybridized carbons (Fsp3) is 0.941. The number of nitrogens with one attached hydrogen (secondary N) is 1. The second-order valence-corrected chi connectivity index (χ2v) is 7.97. The van der Waals surface area contributed by atoms with Crippen LogP contribution in [-0.4, -0.2) is 78.0 Å². The lowest BCUT2D eigenvalue weighted by atomic mass is 9.94. The van der Waals surface area contributed by atoms with Crippen LogP contribution in [-0.2, 0) is 4.74 Å². The van der Waals surface area contributed by atoms with Gasteiger partial charge in [-0.15, -0.1) is 0 Å². The molecule has 4 atom stereocenters. The number of nitrogens with zero attached hydrogens (tertiary/aromatic N) is 2. The first-order chi connectivity index (χ1) is 10.7. The molecule has 0 aromatic carbocycles. The first-order valence-corrected chi connectivity index (χ1v) is 8.86. The number of aliphatic hydroxyl groups is 1. The molecule has 6 heteroatoms. The quantitative estimate of drug-likeness (QED) is 0.769. The number of piperidine rings is 1. The maximum Gasteiger partial charge on any atom is 0.410 e. The lowest BCUT2D eigenvalue weighted by molar-refractivity contribution is 0.0161. The third-order valence-electron chi connectivity index (χ3n) is 4.56. The summed E-state index contributed by atoms with van der Waals surface area (Å²) in [7, 11) is 0. The predicted molar refractivity (Wildman–Crippen MR) is 90.4 cm³/mol. The molecule has 0 radical (unpaired) electrons. The zero-order valence-electron chi connectivity index (χ0n) is 15.0. The topological polar surface area (TPSA) is 65.0 Å². The van der Waals surface area contributed by atoms with Gasteiger partial charge in [-0.1, -0.05) is 0 Å². The van der Waals surface area contributed by atoms with Gasteiger partial charge in [0.25, 0.3) is 0 Å². The van der Waals surface area contributed by atoms with Crippen LogP contribution < -0.4 is 5.32 Å². The van der Waals surface area contributed by atoms with E-state index in [-0.39, 0.29) is 6.09 Å². The second-order valence-electron chi connectivity index (χ2n) is 7.97. The van der Waals surface area contributed by atoms with Crippen LogP contribution in [0.4, 0.5) is 4.79 Å². The van der Waals surface area contributed by atoms with Crippen molar-refractivity contribution >= 4 is 6.09 Å². The smallest absolute Gasteiger partial charge is 0.410 e. The molecular formula is C17H33N3O3. The average molecular weight is 327 g/mol. The third kappa shape index (κ3) is 5.94. The highest BCUT2D eigenvalue weighted by molar-refractivity contribution is 5.68. The summed E-state index contributed by atoms with van der Waals surface area (Å²) in [5.74, 6) is 0.746. The molecule has 1 amide bonds. The van der Waals surface area contributed by atoms with E-state index in [9.17, 15) is 9.90 Å². The summed E-state index contributed by atoms with van der Waals surface area (Å²) in [4.78, 5) is 16.4. The van der Waals surface area contributed by atoms with Crippen LogP contribution in [0.1, 0.15) is 40.5 Å². The van der Waals surface area contributed by atoms with Crippen molar-refractivity contribution in [3.05, 3.63) is 0 Å². The van der Waals surface area contributed by atoms with Gasteiger partial charge in [0.05, 0.1) is 6.10 Å². The van der Waals surface area contributed by atoms with Gasteiger partial charge in [0.2, 0.25) is 0 Å². The van der Waals surface area contributed by atoms with Crippen LogP contribution in [0.15, 0.2) is 0 Å². The molecule has 23 heavy (non-hydrogen) atoms. The summed E-state index contributed by atoms with van der Waals surface area (Å²) < 4.78 is 5.43. The van der Waals surface area contributed by atoms with E-state index >= 15 is 0 Å². The molecular weight excluding hydrogens is 294 g/mol. The van der Waals surface area contributed by atoms with Gasteiger partial charge in [-0.2, -0.15) is 0 Å². The van der Waals surface area contributed by atoms with Crippen molar-refractivity contribution in [2.75, 3.05) is 39.3 Å². The molecule has 2 aliphatic heterocycles. The molecule has 2 heterocycles. The molecule has 0 aliphatic carbocycles. The van der Waals surface area contributed by atoms with Crippen molar-refractivity contribution < 1.29 is 14.6 Å². The van der Waals surface area contributed by atoms with Crippen molar-refractivity contribution in [1.82, 2.24) is 15.1 Å². The standard InChI is InChI=1S/C17H33N3O3/c1-13(21)11-20(16(22)23-17(2,3)4)10-7-18-15-6-9-19-8-5-14(15)12-19/h13-15,18,21H,5-12H2,1-4H3. The predicted octanol–water partition coefficient (Wildman–Crippen LogP) is 1.29. The fourth-order valence-corrected chi connectivity index (χ4v) is 3.51. The number of hydrogen-bond donors (Lipinski definition) is 2. The maximum atomic E-state index is 12.3. The van der Waals surface area contributed by atoms with Gasteiger partial charge in [-0.3, -0.25) is 0 Å².